The van der Waals surface area contributed by atoms with Gasteiger partial charge in [-0.1, -0.05) is 59.8 Å². The van der Waals surface area contributed by atoms with Gasteiger partial charge in [0.25, 0.3) is 0 Å². The van der Waals surface area contributed by atoms with Crippen LogP contribution in [-0.2, 0) is 0 Å². The van der Waals surface area contributed by atoms with Gasteiger partial charge in [0.2, 0.25) is 0 Å². The van der Waals surface area contributed by atoms with Crippen LogP contribution in [0.3, 0.4) is 0 Å². The summed E-state index contributed by atoms with van der Waals surface area (Å²) in [4.78, 5) is 4.42. The zero-order valence-corrected chi connectivity index (χ0v) is 13.2. The molecule has 0 saturated carbocycles. The Morgan fingerprint density at radius 3 is 2.06 bits per heavy atom. The highest BCUT2D eigenvalue weighted by Gasteiger charge is 2.40. The number of nitrogens with two attached hydrogens (primary N) is 2. The van der Waals surface area contributed by atoms with E-state index in [-0.39, 0.29) is 16.9 Å². The average molecular weight is 255 g/mol. The predicted octanol–water partition coefficient (Wildman–Crippen LogP) is 3.67. The molecular formula is C15H33N3. The van der Waals surface area contributed by atoms with Crippen molar-refractivity contribution >= 4 is 5.96 Å². The third-order valence-electron chi connectivity index (χ3n) is 4.71. The van der Waals surface area contributed by atoms with Crippen molar-refractivity contribution in [2.24, 2.45) is 27.8 Å². The van der Waals surface area contributed by atoms with E-state index in [1.54, 1.807) is 0 Å². The van der Waals surface area contributed by atoms with E-state index < -0.39 is 0 Å². The lowest BCUT2D eigenvalue weighted by Gasteiger charge is -2.43. The molecule has 0 aromatic carbocycles. The van der Waals surface area contributed by atoms with E-state index in [9.17, 15) is 0 Å². The molecule has 0 aliphatic carbocycles. The Kier molecular flexibility index (Phi) is 6.72. The zero-order chi connectivity index (χ0) is 14.4. The van der Waals surface area contributed by atoms with Crippen molar-refractivity contribution < 1.29 is 0 Å². The van der Waals surface area contributed by atoms with Gasteiger partial charge in [-0.25, -0.2) is 4.99 Å². The number of hydrogen-bond acceptors (Lipinski definition) is 1. The fourth-order valence-electron chi connectivity index (χ4n) is 2.31. The minimum absolute atomic E-state index is 0.0865. The maximum Gasteiger partial charge on any atom is 0.186 e. The van der Waals surface area contributed by atoms with Crippen LogP contribution < -0.4 is 11.5 Å². The highest BCUT2D eigenvalue weighted by atomic mass is 15.0. The summed E-state index contributed by atoms with van der Waals surface area (Å²) in [5.74, 6) is 0.790. The topological polar surface area (TPSA) is 64.4 Å². The highest BCUT2D eigenvalue weighted by molar-refractivity contribution is 5.76. The molecule has 0 aromatic rings. The van der Waals surface area contributed by atoms with Gasteiger partial charge in [0.1, 0.15) is 0 Å². The minimum Gasteiger partial charge on any atom is -0.370 e. The van der Waals surface area contributed by atoms with Crippen LogP contribution in [0.25, 0.3) is 0 Å². The van der Waals surface area contributed by atoms with E-state index in [0.29, 0.717) is 5.92 Å². The molecule has 0 aliphatic heterocycles. The van der Waals surface area contributed by atoms with Gasteiger partial charge in [0, 0.05) is 0 Å². The number of hydrogen-bond donors (Lipinski definition) is 2. The Morgan fingerprint density at radius 2 is 1.61 bits per heavy atom. The summed E-state index contributed by atoms with van der Waals surface area (Å²) in [7, 11) is 0. The average Bonchev–Trinajstić information content (AvgIpc) is 2.21. The van der Waals surface area contributed by atoms with E-state index >= 15 is 0 Å². The second kappa shape index (κ2) is 7.01. The summed E-state index contributed by atoms with van der Waals surface area (Å²) in [5.41, 5.74) is 10.9. The Labute approximate surface area is 113 Å². The number of guanidine groups is 1. The van der Waals surface area contributed by atoms with E-state index in [1.165, 1.54) is 32.1 Å². The summed E-state index contributed by atoms with van der Waals surface area (Å²) < 4.78 is 0. The molecule has 0 radical (unpaired) electrons. The molecule has 4 N–H and O–H groups in total. The molecule has 0 saturated heterocycles. The standard InChI is InChI=1S/C15H33N3/c1-7-8-9-10-11-12(2)14(3,4)15(5,6)18-13(16)17/h12H,7-11H2,1-6H3,(H4,16,17,18). The second-order valence-electron chi connectivity index (χ2n) is 6.57. The van der Waals surface area contributed by atoms with Gasteiger partial charge in [-0.15, -0.1) is 0 Å². The van der Waals surface area contributed by atoms with Crippen molar-refractivity contribution in [2.75, 3.05) is 0 Å². The third kappa shape index (κ3) is 4.87. The Bertz CT molecular complexity index is 263. The second-order valence-corrected chi connectivity index (χ2v) is 6.57. The lowest BCUT2D eigenvalue weighted by molar-refractivity contribution is 0.112. The van der Waals surface area contributed by atoms with Gasteiger partial charge in [-0.05, 0) is 25.2 Å². The molecule has 0 spiro atoms. The molecule has 0 rings (SSSR count). The van der Waals surface area contributed by atoms with E-state index in [1.807, 2.05) is 0 Å². The van der Waals surface area contributed by atoms with Gasteiger partial charge in [0.15, 0.2) is 5.96 Å². The summed E-state index contributed by atoms with van der Waals surface area (Å²) in [6.45, 7) is 13.3. The van der Waals surface area contributed by atoms with Gasteiger partial charge >= 0.3 is 0 Å². The highest BCUT2D eigenvalue weighted by Crippen LogP contribution is 2.42. The normalized spacial score (nSPS) is 14.3. The van der Waals surface area contributed by atoms with Gasteiger partial charge in [-0.3, -0.25) is 0 Å². The molecule has 0 fully saturated rings. The molecular weight excluding hydrogens is 222 g/mol. The molecule has 3 nitrogen and oxygen atoms in total. The van der Waals surface area contributed by atoms with Crippen LogP contribution in [0.4, 0.5) is 0 Å². The molecule has 0 amide bonds. The molecule has 0 aromatic heterocycles. The van der Waals surface area contributed by atoms with Gasteiger partial charge < -0.3 is 11.5 Å². The lowest BCUT2D eigenvalue weighted by Crippen LogP contribution is -2.44. The van der Waals surface area contributed by atoms with Crippen molar-refractivity contribution in [3.8, 4) is 0 Å². The maximum absolute atomic E-state index is 5.54. The minimum atomic E-state index is -0.226. The van der Waals surface area contributed by atoms with Gasteiger partial charge in [0.05, 0.1) is 5.54 Å². The number of unbranched alkanes of at least 4 members (excludes halogenated alkanes) is 3. The van der Waals surface area contributed by atoms with Crippen molar-refractivity contribution in [1.82, 2.24) is 0 Å². The molecule has 1 atom stereocenters. The van der Waals surface area contributed by atoms with Crippen molar-refractivity contribution in [3.63, 3.8) is 0 Å². The zero-order valence-electron chi connectivity index (χ0n) is 13.2. The first-order chi connectivity index (χ1) is 8.15. The first-order valence-electron chi connectivity index (χ1n) is 7.26. The molecule has 0 aliphatic rings. The fourth-order valence-corrected chi connectivity index (χ4v) is 2.31. The van der Waals surface area contributed by atoms with Gasteiger partial charge in [-0.2, -0.15) is 0 Å². The van der Waals surface area contributed by atoms with Crippen LogP contribution in [0.2, 0.25) is 0 Å². The van der Waals surface area contributed by atoms with Crippen LogP contribution in [0.1, 0.15) is 73.6 Å². The first kappa shape index (κ1) is 17.3. The smallest absolute Gasteiger partial charge is 0.186 e. The largest absolute Gasteiger partial charge is 0.370 e. The quantitative estimate of drug-likeness (QED) is 0.395. The Balaban J connectivity index is 4.55. The molecule has 3 heteroatoms. The molecule has 0 bridgehead atoms. The Morgan fingerprint density at radius 1 is 1.06 bits per heavy atom. The summed E-state index contributed by atoms with van der Waals surface area (Å²) in [6, 6.07) is 0. The summed E-state index contributed by atoms with van der Waals surface area (Å²) >= 11 is 0. The third-order valence-corrected chi connectivity index (χ3v) is 4.71. The van der Waals surface area contributed by atoms with Crippen LogP contribution in [0.5, 0.6) is 0 Å². The van der Waals surface area contributed by atoms with E-state index in [2.05, 4.69) is 46.5 Å². The van der Waals surface area contributed by atoms with Crippen molar-refractivity contribution in [1.29, 1.82) is 0 Å². The fraction of sp³-hybridized carbons (Fsp3) is 0.933. The van der Waals surface area contributed by atoms with Crippen LogP contribution in [0, 0.1) is 11.3 Å². The molecule has 1 unspecified atom stereocenters. The van der Waals surface area contributed by atoms with E-state index in [4.69, 9.17) is 11.5 Å². The predicted molar refractivity (Wildman–Crippen MR) is 81.6 cm³/mol. The number of rotatable bonds is 8. The first-order valence-corrected chi connectivity index (χ1v) is 7.26. The SMILES string of the molecule is CCCCCCC(C)C(C)(C)C(C)(C)N=C(N)N. The summed E-state index contributed by atoms with van der Waals surface area (Å²) in [6.07, 6.45) is 6.51. The summed E-state index contributed by atoms with van der Waals surface area (Å²) in [5, 5.41) is 0. The monoisotopic (exact) mass is 255 g/mol. The van der Waals surface area contributed by atoms with Crippen LogP contribution in [-0.4, -0.2) is 11.5 Å². The number of nitrogens with zero attached hydrogens (tertiary/aromatic N) is 1. The molecule has 18 heavy (non-hydrogen) atoms. The molecule has 0 heterocycles. The van der Waals surface area contributed by atoms with Crippen molar-refractivity contribution in [3.05, 3.63) is 0 Å². The number of aliphatic imine (C=N–C) groups is 1. The Hall–Kier alpha value is -0.730. The molecule has 108 valence electrons. The van der Waals surface area contributed by atoms with Crippen LogP contribution in [0.15, 0.2) is 4.99 Å². The van der Waals surface area contributed by atoms with Crippen LogP contribution >= 0.6 is 0 Å². The van der Waals surface area contributed by atoms with E-state index in [0.717, 1.165) is 0 Å². The lowest BCUT2D eigenvalue weighted by atomic mass is 9.65. The van der Waals surface area contributed by atoms with Crippen molar-refractivity contribution in [2.45, 2.75) is 79.2 Å². The maximum atomic E-state index is 5.54.